The predicted octanol–water partition coefficient (Wildman–Crippen LogP) is 2.17. The highest BCUT2D eigenvalue weighted by atomic mass is 16.4. The molecule has 0 aromatic carbocycles. The summed E-state index contributed by atoms with van der Waals surface area (Å²) in [4.78, 5) is 24.3. The molecule has 2 amide bonds. The number of carbonyl (C=O) groups excluding carboxylic acids is 1. The second-order valence-electron chi connectivity index (χ2n) is 6.10. The van der Waals surface area contributed by atoms with Gasteiger partial charge in [-0.2, -0.15) is 0 Å². The molecule has 1 atom stereocenters. The Kier molecular flexibility index (Phi) is 6.12. The van der Waals surface area contributed by atoms with E-state index in [1.54, 1.807) is 11.9 Å². The fourth-order valence-electron chi connectivity index (χ4n) is 2.29. The summed E-state index contributed by atoms with van der Waals surface area (Å²) < 4.78 is 0. The molecule has 5 nitrogen and oxygen atoms in total. The van der Waals surface area contributed by atoms with Gasteiger partial charge in [0.1, 0.15) is 0 Å². The lowest BCUT2D eigenvalue weighted by atomic mass is 9.94. The SMILES string of the molecule is CC(C)C[C@H](CNC(=O)N(C)CC1CC1)CC(=O)O. The number of rotatable bonds is 8. The quantitative estimate of drug-likeness (QED) is 0.710. The van der Waals surface area contributed by atoms with Gasteiger partial charge in [0.25, 0.3) is 0 Å². The number of urea groups is 1. The van der Waals surface area contributed by atoms with Crippen LogP contribution in [0.2, 0.25) is 0 Å². The van der Waals surface area contributed by atoms with Gasteiger partial charge < -0.3 is 15.3 Å². The summed E-state index contributed by atoms with van der Waals surface area (Å²) in [6, 6.07) is -0.0916. The Labute approximate surface area is 115 Å². The van der Waals surface area contributed by atoms with Gasteiger partial charge in [-0.05, 0) is 37.0 Å². The van der Waals surface area contributed by atoms with Crippen LogP contribution in [0.4, 0.5) is 4.79 Å². The van der Waals surface area contributed by atoms with E-state index in [1.165, 1.54) is 12.8 Å². The van der Waals surface area contributed by atoms with Crippen LogP contribution in [0.5, 0.6) is 0 Å². The van der Waals surface area contributed by atoms with Crippen molar-refractivity contribution in [1.29, 1.82) is 0 Å². The Balaban J connectivity index is 2.31. The van der Waals surface area contributed by atoms with Crippen molar-refractivity contribution in [2.24, 2.45) is 17.8 Å². The Hall–Kier alpha value is -1.26. The average Bonchev–Trinajstić information content (AvgIpc) is 3.07. The van der Waals surface area contributed by atoms with E-state index in [4.69, 9.17) is 5.11 Å². The molecule has 0 aromatic heterocycles. The minimum atomic E-state index is -0.800. The molecule has 0 radical (unpaired) electrons. The number of aliphatic carboxylic acids is 1. The molecule has 0 heterocycles. The first-order valence-electron chi connectivity index (χ1n) is 7.09. The zero-order valence-electron chi connectivity index (χ0n) is 12.2. The number of hydrogen-bond donors (Lipinski definition) is 2. The normalized spacial score (nSPS) is 16.2. The van der Waals surface area contributed by atoms with Gasteiger partial charge in [-0.1, -0.05) is 13.8 Å². The van der Waals surface area contributed by atoms with E-state index in [2.05, 4.69) is 19.2 Å². The first-order valence-corrected chi connectivity index (χ1v) is 7.09. The van der Waals surface area contributed by atoms with Gasteiger partial charge >= 0.3 is 12.0 Å². The van der Waals surface area contributed by atoms with Crippen molar-refractivity contribution in [1.82, 2.24) is 10.2 Å². The summed E-state index contributed by atoms with van der Waals surface area (Å²) >= 11 is 0. The van der Waals surface area contributed by atoms with Crippen LogP contribution >= 0.6 is 0 Å². The maximum atomic E-state index is 11.8. The van der Waals surface area contributed by atoms with Gasteiger partial charge in [0.15, 0.2) is 0 Å². The molecule has 0 spiro atoms. The Morgan fingerprint density at radius 3 is 2.47 bits per heavy atom. The molecule has 0 saturated heterocycles. The standard InChI is InChI=1S/C14H26N2O3/c1-10(2)6-12(7-13(17)18)8-15-14(19)16(3)9-11-4-5-11/h10-12H,4-9H2,1-3H3,(H,15,19)(H,17,18)/t12-/m0/s1. The fourth-order valence-corrected chi connectivity index (χ4v) is 2.29. The summed E-state index contributed by atoms with van der Waals surface area (Å²) in [6.45, 7) is 5.38. The number of carbonyl (C=O) groups is 2. The highest BCUT2D eigenvalue weighted by Crippen LogP contribution is 2.29. The van der Waals surface area contributed by atoms with Gasteiger partial charge in [-0.3, -0.25) is 4.79 Å². The van der Waals surface area contributed by atoms with Crippen LogP contribution in [0, 0.1) is 17.8 Å². The predicted molar refractivity (Wildman–Crippen MR) is 74.0 cm³/mol. The number of nitrogens with one attached hydrogen (secondary N) is 1. The summed E-state index contributed by atoms with van der Waals surface area (Å²) in [5.74, 6) is 0.314. The summed E-state index contributed by atoms with van der Waals surface area (Å²) in [7, 11) is 1.79. The van der Waals surface area contributed by atoms with E-state index in [0.717, 1.165) is 13.0 Å². The van der Waals surface area contributed by atoms with E-state index in [9.17, 15) is 9.59 Å². The lowest BCUT2D eigenvalue weighted by Gasteiger charge is -2.21. The van der Waals surface area contributed by atoms with Crippen molar-refractivity contribution in [3.63, 3.8) is 0 Å². The molecule has 110 valence electrons. The van der Waals surface area contributed by atoms with Gasteiger partial charge in [0, 0.05) is 26.6 Å². The monoisotopic (exact) mass is 270 g/mol. The lowest BCUT2D eigenvalue weighted by Crippen LogP contribution is -2.41. The van der Waals surface area contributed by atoms with Crippen molar-refractivity contribution >= 4 is 12.0 Å². The second-order valence-corrected chi connectivity index (χ2v) is 6.10. The minimum Gasteiger partial charge on any atom is -0.481 e. The minimum absolute atomic E-state index is 0.00998. The molecule has 5 heteroatoms. The fraction of sp³-hybridized carbons (Fsp3) is 0.857. The highest BCUT2D eigenvalue weighted by Gasteiger charge is 2.25. The van der Waals surface area contributed by atoms with E-state index in [1.807, 2.05) is 0 Å². The molecule has 1 aliphatic carbocycles. The second kappa shape index (κ2) is 7.36. The van der Waals surface area contributed by atoms with Crippen LogP contribution < -0.4 is 5.32 Å². The smallest absolute Gasteiger partial charge is 0.317 e. The molecule has 0 aliphatic heterocycles. The molecule has 0 bridgehead atoms. The van der Waals surface area contributed by atoms with Crippen LogP contribution in [0.15, 0.2) is 0 Å². The van der Waals surface area contributed by atoms with E-state index in [-0.39, 0.29) is 18.4 Å². The molecule has 1 aliphatic rings. The van der Waals surface area contributed by atoms with Crippen LogP contribution in [0.1, 0.15) is 39.5 Å². The number of hydrogen-bond acceptors (Lipinski definition) is 2. The Morgan fingerprint density at radius 2 is 2.00 bits per heavy atom. The van der Waals surface area contributed by atoms with Gasteiger partial charge in [-0.15, -0.1) is 0 Å². The molecular formula is C14H26N2O3. The number of carboxylic acid groups (broad SMARTS) is 1. The first kappa shape index (κ1) is 15.8. The lowest BCUT2D eigenvalue weighted by molar-refractivity contribution is -0.138. The molecule has 19 heavy (non-hydrogen) atoms. The van der Waals surface area contributed by atoms with Crippen molar-refractivity contribution in [2.75, 3.05) is 20.1 Å². The van der Waals surface area contributed by atoms with Crippen LogP contribution in [0.25, 0.3) is 0 Å². The maximum absolute atomic E-state index is 11.8. The molecule has 1 fully saturated rings. The summed E-state index contributed by atoms with van der Waals surface area (Å²) in [5, 5.41) is 11.7. The molecule has 0 aromatic rings. The number of nitrogens with zero attached hydrogens (tertiary/aromatic N) is 1. The third-order valence-electron chi connectivity index (χ3n) is 3.39. The van der Waals surface area contributed by atoms with Crippen molar-refractivity contribution in [3.8, 4) is 0 Å². The average molecular weight is 270 g/mol. The van der Waals surface area contributed by atoms with Crippen molar-refractivity contribution in [3.05, 3.63) is 0 Å². The van der Waals surface area contributed by atoms with E-state index >= 15 is 0 Å². The topological polar surface area (TPSA) is 69.6 Å². The Morgan fingerprint density at radius 1 is 1.37 bits per heavy atom. The van der Waals surface area contributed by atoms with Crippen LogP contribution in [-0.2, 0) is 4.79 Å². The largest absolute Gasteiger partial charge is 0.481 e. The first-order chi connectivity index (χ1) is 8.88. The van der Waals surface area contributed by atoms with Gasteiger partial charge in [-0.25, -0.2) is 4.79 Å². The van der Waals surface area contributed by atoms with Crippen molar-refractivity contribution < 1.29 is 14.7 Å². The molecule has 0 unspecified atom stereocenters. The number of amides is 2. The van der Waals surface area contributed by atoms with Crippen molar-refractivity contribution in [2.45, 2.75) is 39.5 Å². The Bertz CT molecular complexity index is 314. The number of carboxylic acids is 1. The molecule has 1 saturated carbocycles. The van der Waals surface area contributed by atoms with Crippen LogP contribution in [-0.4, -0.2) is 42.1 Å². The van der Waals surface area contributed by atoms with E-state index in [0.29, 0.717) is 18.4 Å². The molecule has 2 N–H and O–H groups in total. The zero-order valence-corrected chi connectivity index (χ0v) is 12.2. The third kappa shape index (κ3) is 7.03. The summed E-state index contributed by atoms with van der Waals surface area (Å²) in [6.07, 6.45) is 3.36. The highest BCUT2D eigenvalue weighted by molar-refractivity contribution is 5.74. The molecule has 1 rings (SSSR count). The third-order valence-corrected chi connectivity index (χ3v) is 3.39. The van der Waals surface area contributed by atoms with Crippen LogP contribution in [0.3, 0.4) is 0 Å². The van der Waals surface area contributed by atoms with E-state index < -0.39 is 5.97 Å². The molecular weight excluding hydrogens is 244 g/mol. The van der Waals surface area contributed by atoms with Gasteiger partial charge in [0.2, 0.25) is 0 Å². The van der Waals surface area contributed by atoms with Gasteiger partial charge in [0.05, 0.1) is 0 Å². The zero-order chi connectivity index (χ0) is 14.4. The summed E-state index contributed by atoms with van der Waals surface area (Å²) in [5.41, 5.74) is 0. The maximum Gasteiger partial charge on any atom is 0.317 e.